The monoisotopic (exact) mass is 335 g/mol. The molecule has 0 N–H and O–H groups in total. The van der Waals surface area contributed by atoms with Gasteiger partial charge in [-0.15, -0.1) is 0 Å². The summed E-state index contributed by atoms with van der Waals surface area (Å²) in [6, 6.07) is 14.5. The molecule has 0 saturated carbocycles. The Morgan fingerprint density at radius 3 is 2.32 bits per heavy atom. The van der Waals surface area contributed by atoms with Crippen LogP contribution in [-0.2, 0) is 19.5 Å². The highest BCUT2D eigenvalue weighted by atomic mass is 16.4. The van der Waals surface area contributed by atoms with E-state index in [0.29, 0.717) is 12.1 Å². The van der Waals surface area contributed by atoms with Gasteiger partial charge in [-0.05, 0) is 55.1 Å². The van der Waals surface area contributed by atoms with Crippen LogP contribution in [0, 0.1) is 13.8 Å². The van der Waals surface area contributed by atoms with Crippen LogP contribution in [0.4, 0.5) is 0 Å². The zero-order chi connectivity index (χ0) is 18.0. The molecule has 0 aliphatic heterocycles. The van der Waals surface area contributed by atoms with Crippen molar-refractivity contribution in [2.24, 2.45) is 0 Å². The summed E-state index contributed by atoms with van der Waals surface area (Å²) in [5, 5.41) is 1.02. The van der Waals surface area contributed by atoms with E-state index in [2.05, 4.69) is 55.3 Å². The van der Waals surface area contributed by atoms with Crippen LogP contribution in [0.5, 0.6) is 0 Å². The van der Waals surface area contributed by atoms with Crippen LogP contribution >= 0.6 is 0 Å². The van der Waals surface area contributed by atoms with E-state index in [4.69, 9.17) is 4.42 Å². The van der Waals surface area contributed by atoms with Crippen LogP contribution < -0.4 is 5.63 Å². The third kappa shape index (κ3) is 3.83. The van der Waals surface area contributed by atoms with E-state index in [0.717, 1.165) is 35.0 Å². The average Bonchev–Trinajstić information content (AvgIpc) is 2.59. The molecule has 0 spiro atoms. The summed E-state index contributed by atoms with van der Waals surface area (Å²) >= 11 is 0. The van der Waals surface area contributed by atoms with Crippen molar-refractivity contribution >= 4 is 11.0 Å². The van der Waals surface area contributed by atoms with Gasteiger partial charge < -0.3 is 4.42 Å². The Morgan fingerprint density at radius 2 is 1.64 bits per heavy atom. The summed E-state index contributed by atoms with van der Waals surface area (Å²) in [5.74, 6) is 0. The Balaban J connectivity index is 1.86. The fourth-order valence-corrected chi connectivity index (χ4v) is 3.19. The summed E-state index contributed by atoms with van der Waals surface area (Å²) < 4.78 is 5.47. The van der Waals surface area contributed by atoms with E-state index < -0.39 is 0 Å². The standard InChI is InChI=1S/C22H25NO2/c1-5-17-7-9-18(10-8-17)13-23(4)14-19-12-21(24)25-22-16(3)15(2)6-11-20(19)22/h6-12H,5,13-14H2,1-4H3. The van der Waals surface area contributed by atoms with Crippen molar-refractivity contribution < 1.29 is 4.42 Å². The van der Waals surface area contributed by atoms with Crippen LogP contribution in [0.3, 0.4) is 0 Å². The van der Waals surface area contributed by atoms with Crippen molar-refractivity contribution in [3.05, 3.63) is 80.7 Å². The van der Waals surface area contributed by atoms with Crippen molar-refractivity contribution in [3.63, 3.8) is 0 Å². The van der Waals surface area contributed by atoms with Gasteiger partial charge in [0.1, 0.15) is 5.58 Å². The fraction of sp³-hybridized carbons (Fsp3) is 0.318. The number of benzene rings is 2. The molecular formula is C22H25NO2. The maximum absolute atomic E-state index is 12.0. The Bertz CT molecular complexity index is 939. The second-order valence-corrected chi connectivity index (χ2v) is 6.82. The molecule has 1 aromatic heterocycles. The molecule has 1 heterocycles. The molecule has 2 aromatic carbocycles. The van der Waals surface area contributed by atoms with Crippen molar-refractivity contribution in [2.45, 2.75) is 40.3 Å². The molecule has 3 aromatic rings. The number of hydrogen-bond donors (Lipinski definition) is 0. The van der Waals surface area contributed by atoms with E-state index in [-0.39, 0.29) is 5.63 Å². The highest BCUT2D eigenvalue weighted by molar-refractivity contribution is 5.83. The lowest BCUT2D eigenvalue weighted by Crippen LogP contribution is -2.18. The molecule has 0 bridgehead atoms. The molecule has 0 aliphatic carbocycles. The lowest BCUT2D eigenvalue weighted by atomic mass is 10.0. The molecule has 0 unspecified atom stereocenters. The van der Waals surface area contributed by atoms with Crippen LogP contribution in [0.1, 0.15) is 34.7 Å². The molecule has 0 aliphatic rings. The quantitative estimate of drug-likeness (QED) is 0.639. The maximum Gasteiger partial charge on any atom is 0.336 e. The minimum Gasteiger partial charge on any atom is -0.422 e. The lowest BCUT2D eigenvalue weighted by Gasteiger charge is -2.18. The van der Waals surface area contributed by atoms with Gasteiger partial charge in [0.25, 0.3) is 0 Å². The van der Waals surface area contributed by atoms with Gasteiger partial charge in [0, 0.05) is 24.5 Å². The van der Waals surface area contributed by atoms with Gasteiger partial charge in [-0.25, -0.2) is 4.79 Å². The summed E-state index contributed by atoms with van der Waals surface area (Å²) in [6.45, 7) is 7.75. The van der Waals surface area contributed by atoms with Gasteiger partial charge in [0.05, 0.1) is 0 Å². The second kappa shape index (κ2) is 7.24. The fourth-order valence-electron chi connectivity index (χ4n) is 3.19. The maximum atomic E-state index is 12.0. The number of nitrogens with zero attached hydrogens (tertiary/aromatic N) is 1. The smallest absolute Gasteiger partial charge is 0.336 e. The Morgan fingerprint density at radius 1 is 0.960 bits per heavy atom. The summed E-state index contributed by atoms with van der Waals surface area (Å²) in [5.41, 5.74) is 6.25. The van der Waals surface area contributed by atoms with Crippen molar-refractivity contribution in [1.82, 2.24) is 4.90 Å². The van der Waals surface area contributed by atoms with Gasteiger partial charge in [-0.2, -0.15) is 0 Å². The molecular weight excluding hydrogens is 310 g/mol. The van der Waals surface area contributed by atoms with Crippen LogP contribution in [-0.4, -0.2) is 11.9 Å². The van der Waals surface area contributed by atoms with E-state index in [1.54, 1.807) is 6.07 Å². The number of hydrogen-bond acceptors (Lipinski definition) is 3. The van der Waals surface area contributed by atoms with Crippen molar-refractivity contribution in [1.29, 1.82) is 0 Å². The number of fused-ring (bicyclic) bond motifs is 1. The van der Waals surface area contributed by atoms with Crippen LogP contribution in [0.2, 0.25) is 0 Å². The Kier molecular flexibility index (Phi) is 5.05. The number of aryl methyl sites for hydroxylation is 3. The lowest BCUT2D eigenvalue weighted by molar-refractivity contribution is 0.319. The SMILES string of the molecule is CCc1ccc(CN(C)Cc2cc(=O)oc3c(C)c(C)ccc23)cc1. The van der Waals surface area contributed by atoms with Crippen molar-refractivity contribution in [3.8, 4) is 0 Å². The molecule has 0 amide bonds. The van der Waals surface area contributed by atoms with Gasteiger partial charge >= 0.3 is 5.63 Å². The minimum atomic E-state index is -0.281. The molecule has 3 nitrogen and oxygen atoms in total. The highest BCUT2D eigenvalue weighted by Gasteiger charge is 2.11. The normalized spacial score (nSPS) is 11.4. The number of rotatable bonds is 5. The largest absolute Gasteiger partial charge is 0.422 e. The predicted molar refractivity (Wildman–Crippen MR) is 103 cm³/mol. The molecule has 25 heavy (non-hydrogen) atoms. The molecule has 0 atom stereocenters. The Hall–Kier alpha value is -2.39. The first-order valence-electron chi connectivity index (χ1n) is 8.77. The first-order chi connectivity index (χ1) is 12.0. The summed E-state index contributed by atoms with van der Waals surface area (Å²) in [4.78, 5) is 14.2. The average molecular weight is 335 g/mol. The molecule has 130 valence electrons. The van der Waals surface area contributed by atoms with E-state index in [1.807, 2.05) is 13.8 Å². The third-order valence-corrected chi connectivity index (χ3v) is 4.84. The zero-order valence-electron chi connectivity index (χ0n) is 15.4. The van der Waals surface area contributed by atoms with Gasteiger partial charge in [-0.1, -0.05) is 43.3 Å². The van der Waals surface area contributed by atoms with Gasteiger partial charge in [0.15, 0.2) is 0 Å². The first kappa shape index (κ1) is 17.4. The third-order valence-electron chi connectivity index (χ3n) is 4.84. The van der Waals surface area contributed by atoms with Crippen molar-refractivity contribution in [2.75, 3.05) is 7.05 Å². The van der Waals surface area contributed by atoms with Crippen LogP contribution in [0.25, 0.3) is 11.0 Å². The summed E-state index contributed by atoms with van der Waals surface area (Å²) in [7, 11) is 2.08. The minimum absolute atomic E-state index is 0.281. The summed E-state index contributed by atoms with van der Waals surface area (Å²) in [6.07, 6.45) is 1.06. The second-order valence-electron chi connectivity index (χ2n) is 6.82. The Labute approximate surface area is 148 Å². The topological polar surface area (TPSA) is 33.5 Å². The van der Waals surface area contributed by atoms with Gasteiger partial charge in [-0.3, -0.25) is 4.90 Å². The van der Waals surface area contributed by atoms with Gasteiger partial charge in [0.2, 0.25) is 0 Å². The van der Waals surface area contributed by atoms with E-state index >= 15 is 0 Å². The first-order valence-corrected chi connectivity index (χ1v) is 8.77. The predicted octanol–water partition coefficient (Wildman–Crippen LogP) is 4.60. The van der Waals surface area contributed by atoms with E-state index in [1.165, 1.54) is 11.1 Å². The molecule has 0 saturated heterocycles. The molecule has 0 fully saturated rings. The molecule has 3 rings (SSSR count). The molecule has 3 heteroatoms. The highest BCUT2D eigenvalue weighted by Crippen LogP contribution is 2.24. The van der Waals surface area contributed by atoms with E-state index in [9.17, 15) is 4.79 Å². The zero-order valence-corrected chi connectivity index (χ0v) is 15.4. The van der Waals surface area contributed by atoms with Crippen LogP contribution in [0.15, 0.2) is 51.7 Å². The molecule has 0 radical (unpaired) electrons.